The van der Waals surface area contributed by atoms with Gasteiger partial charge in [0.25, 0.3) is 0 Å². The van der Waals surface area contributed by atoms with Crippen molar-refractivity contribution in [3.05, 3.63) is 35.4 Å². The van der Waals surface area contributed by atoms with Gasteiger partial charge in [-0.3, -0.25) is 4.79 Å². The first-order chi connectivity index (χ1) is 13.4. The molecular weight excluding hydrogens is 410 g/mol. The monoisotopic (exact) mass is 439 g/mol. The van der Waals surface area contributed by atoms with Crippen LogP contribution in [-0.2, 0) is 18.8 Å². The van der Waals surface area contributed by atoms with Gasteiger partial charge in [-0.05, 0) is 24.2 Å². The summed E-state index contributed by atoms with van der Waals surface area (Å²) in [4.78, 5) is 36.2. The Kier molecular flexibility index (Phi) is 7.53. The fraction of sp³-hybridized carbons (Fsp3) is 0.550. The number of carboxylic acids is 1. The molecule has 7 nitrogen and oxygen atoms in total. The number of fused-ring (bicyclic) bond motifs is 1. The summed E-state index contributed by atoms with van der Waals surface area (Å²) in [5, 5.41) is 11.9. The molecule has 1 heterocycles. The van der Waals surface area contributed by atoms with Crippen LogP contribution in [0.5, 0.6) is 0 Å². The summed E-state index contributed by atoms with van der Waals surface area (Å²) in [6.07, 6.45) is -0.0910. The van der Waals surface area contributed by atoms with Gasteiger partial charge in [-0.1, -0.05) is 39.0 Å². The molecule has 1 aromatic carbocycles. The highest BCUT2D eigenvalue weighted by molar-refractivity contribution is 7.99. The average molecular weight is 440 g/mol. The van der Waals surface area contributed by atoms with E-state index in [2.05, 4.69) is 39.2 Å². The fourth-order valence-corrected chi connectivity index (χ4v) is 5.45. The van der Waals surface area contributed by atoms with Gasteiger partial charge in [0.2, 0.25) is 5.91 Å². The number of nitrogens with one attached hydrogen (secondary N) is 1. The van der Waals surface area contributed by atoms with Crippen molar-refractivity contribution in [2.24, 2.45) is 0 Å². The lowest BCUT2D eigenvalue weighted by Gasteiger charge is -2.39. The van der Waals surface area contributed by atoms with Gasteiger partial charge >= 0.3 is 11.9 Å². The summed E-state index contributed by atoms with van der Waals surface area (Å²) in [7, 11) is -2.24. The van der Waals surface area contributed by atoms with Crippen LogP contribution in [0.3, 0.4) is 0 Å². The Morgan fingerprint density at radius 2 is 1.93 bits per heavy atom. The Balaban J connectivity index is 2.46. The van der Waals surface area contributed by atoms with E-state index in [0.717, 1.165) is 0 Å². The van der Waals surface area contributed by atoms with Gasteiger partial charge in [-0.15, -0.1) is 11.8 Å². The van der Waals surface area contributed by atoms with E-state index >= 15 is 0 Å². The summed E-state index contributed by atoms with van der Waals surface area (Å²) in [5.74, 6) is -1.99. The summed E-state index contributed by atoms with van der Waals surface area (Å²) in [6.45, 7) is 10.4. The third kappa shape index (κ3) is 6.07. The van der Waals surface area contributed by atoms with Crippen molar-refractivity contribution in [3.8, 4) is 0 Å². The molecule has 0 fully saturated rings. The zero-order valence-corrected chi connectivity index (χ0v) is 19.3. The Bertz CT molecular complexity index is 776. The van der Waals surface area contributed by atoms with Crippen molar-refractivity contribution in [3.63, 3.8) is 0 Å². The molecule has 1 amide bonds. The molecule has 2 N–H and O–H groups in total. The maximum atomic E-state index is 12.6. The van der Waals surface area contributed by atoms with Crippen LogP contribution >= 0.6 is 11.8 Å². The number of esters is 1. The van der Waals surface area contributed by atoms with E-state index in [9.17, 15) is 19.5 Å². The normalized spacial score (nSPS) is 21.8. The minimum Gasteiger partial charge on any atom is -0.480 e. The van der Waals surface area contributed by atoms with Gasteiger partial charge < -0.3 is 19.6 Å². The van der Waals surface area contributed by atoms with E-state index in [4.69, 9.17) is 9.16 Å². The summed E-state index contributed by atoms with van der Waals surface area (Å²) in [5.41, 5.74) is 0.470. The average Bonchev–Trinajstić information content (AvgIpc) is 2.61. The number of thioether (sulfide) groups is 1. The molecule has 2 rings (SSSR count). The van der Waals surface area contributed by atoms with Crippen molar-refractivity contribution in [1.29, 1.82) is 0 Å². The first-order valence-electron chi connectivity index (χ1n) is 9.50. The molecule has 0 saturated carbocycles. The first kappa shape index (κ1) is 23.4. The van der Waals surface area contributed by atoms with E-state index in [1.54, 1.807) is 12.1 Å². The number of aliphatic carboxylic acids is 1. The van der Waals surface area contributed by atoms with Crippen LogP contribution in [0.1, 0.15) is 48.5 Å². The molecule has 160 valence electrons. The number of hydrogen-bond acceptors (Lipinski definition) is 6. The number of carbonyl (C=O) groups is 3. The molecule has 1 aliphatic rings. The minimum atomic E-state index is -2.24. The Hall–Kier alpha value is -1.84. The molecule has 0 radical (unpaired) electrons. The van der Waals surface area contributed by atoms with Gasteiger partial charge in [0.05, 0.1) is 12.0 Å². The second kappa shape index (κ2) is 9.31. The molecule has 2 unspecified atom stereocenters. The standard InChI is InChI=1S/C20H29NO6SSi/c1-20(2,3)29(4,5)27-19-14-9-7-6-8-13(14)18(25)26-11-10-16(22)21-15(12-28-19)17(23)24/h6-9,15,19H,10-12H2,1-5H3,(H,21,22)(H,23,24). The largest absolute Gasteiger partial charge is 0.480 e. The summed E-state index contributed by atoms with van der Waals surface area (Å²) >= 11 is 1.27. The van der Waals surface area contributed by atoms with E-state index in [-0.39, 0.29) is 23.8 Å². The van der Waals surface area contributed by atoms with Crippen LogP contribution in [0.4, 0.5) is 0 Å². The number of hydrogen-bond donors (Lipinski definition) is 2. The van der Waals surface area contributed by atoms with Gasteiger partial charge in [-0.2, -0.15) is 0 Å². The van der Waals surface area contributed by atoms with Crippen LogP contribution in [0.2, 0.25) is 18.1 Å². The minimum absolute atomic E-state index is 0.0763. The Morgan fingerprint density at radius 3 is 2.55 bits per heavy atom. The van der Waals surface area contributed by atoms with Crippen molar-refractivity contribution < 1.29 is 28.7 Å². The van der Waals surface area contributed by atoms with Crippen molar-refractivity contribution >= 4 is 37.9 Å². The highest BCUT2D eigenvalue weighted by Gasteiger charge is 2.40. The zero-order chi connectivity index (χ0) is 21.8. The molecule has 29 heavy (non-hydrogen) atoms. The van der Waals surface area contributed by atoms with Crippen LogP contribution in [0.25, 0.3) is 0 Å². The van der Waals surface area contributed by atoms with E-state index < -0.39 is 37.6 Å². The Morgan fingerprint density at radius 1 is 1.28 bits per heavy atom. The predicted octanol–water partition coefficient (Wildman–Crippen LogP) is 3.57. The molecule has 2 atom stereocenters. The molecular formula is C20H29NO6SSi. The highest BCUT2D eigenvalue weighted by atomic mass is 32.2. The summed E-state index contributed by atoms with van der Waals surface area (Å²) < 4.78 is 11.8. The Labute approximate surface area is 176 Å². The molecule has 0 aromatic heterocycles. The topological polar surface area (TPSA) is 102 Å². The lowest BCUT2D eigenvalue weighted by molar-refractivity contribution is -0.141. The van der Waals surface area contributed by atoms with E-state index in [1.807, 2.05) is 12.1 Å². The number of amides is 1. The van der Waals surface area contributed by atoms with Crippen molar-refractivity contribution in [2.45, 2.75) is 56.8 Å². The van der Waals surface area contributed by atoms with Gasteiger partial charge in [-0.25, -0.2) is 9.59 Å². The van der Waals surface area contributed by atoms with Gasteiger partial charge in [0, 0.05) is 11.3 Å². The number of ether oxygens (including phenoxy) is 1. The maximum absolute atomic E-state index is 12.6. The number of cyclic esters (lactones) is 1. The molecule has 1 aliphatic heterocycles. The van der Waals surface area contributed by atoms with E-state index in [0.29, 0.717) is 11.1 Å². The third-order valence-corrected chi connectivity index (χ3v) is 11.0. The molecule has 0 bridgehead atoms. The van der Waals surface area contributed by atoms with Crippen molar-refractivity contribution in [1.82, 2.24) is 5.32 Å². The molecule has 9 heteroatoms. The van der Waals surface area contributed by atoms with Crippen LogP contribution in [-0.4, -0.2) is 49.7 Å². The second-order valence-electron chi connectivity index (χ2n) is 8.47. The summed E-state index contributed by atoms with van der Waals surface area (Å²) in [6, 6.07) is 5.98. The lowest BCUT2D eigenvalue weighted by atomic mass is 10.1. The van der Waals surface area contributed by atoms with Gasteiger partial charge in [0.15, 0.2) is 8.32 Å². The zero-order valence-electron chi connectivity index (χ0n) is 17.5. The second-order valence-corrected chi connectivity index (χ2v) is 14.3. The van der Waals surface area contributed by atoms with E-state index in [1.165, 1.54) is 11.8 Å². The number of benzene rings is 1. The van der Waals surface area contributed by atoms with Crippen LogP contribution in [0.15, 0.2) is 24.3 Å². The van der Waals surface area contributed by atoms with Crippen LogP contribution in [0, 0.1) is 0 Å². The smallest absolute Gasteiger partial charge is 0.338 e. The quantitative estimate of drug-likeness (QED) is 0.548. The number of carbonyl (C=O) groups excluding carboxylic acids is 2. The number of carboxylic acid groups (broad SMARTS) is 1. The molecule has 0 saturated heterocycles. The molecule has 0 spiro atoms. The van der Waals surface area contributed by atoms with Crippen molar-refractivity contribution in [2.75, 3.05) is 12.4 Å². The molecule has 0 aliphatic carbocycles. The number of rotatable bonds is 3. The molecule has 1 aromatic rings. The van der Waals surface area contributed by atoms with Gasteiger partial charge in [0.1, 0.15) is 18.1 Å². The lowest BCUT2D eigenvalue weighted by Crippen LogP contribution is -2.44. The maximum Gasteiger partial charge on any atom is 0.338 e. The third-order valence-electron chi connectivity index (χ3n) is 5.25. The SMILES string of the molecule is CC(C)(C)[Si](C)(C)OC1SCC(C(=O)O)NC(=O)CCOC(=O)c2ccccc21. The van der Waals surface area contributed by atoms with Crippen LogP contribution < -0.4 is 5.32 Å². The fourth-order valence-electron chi connectivity index (χ4n) is 2.46. The highest BCUT2D eigenvalue weighted by Crippen LogP contribution is 2.43. The predicted molar refractivity (Wildman–Crippen MR) is 114 cm³/mol. The first-order valence-corrected chi connectivity index (χ1v) is 13.5.